The molecule has 0 bridgehead atoms. The molecule has 37 heavy (non-hydrogen) atoms. The first-order chi connectivity index (χ1) is 17.0. The first-order valence-corrected chi connectivity index (χ1v) is 14.5. The predicted octanol–water partition coefficient (Wildman–Crippen LogP) is 3.58. The molecule has 2 heterocycles. The van der Waals surface area contributed by atoms with Crippen LogP contribution < -0.4 is 0 Å². The summed E-state index contributed by atoms with van der Waals surface area (Å²) in [5.41, 5.74) is -0.593. The van der Waals surface area contributed by atoms with Gasteiger partial charge in [-0.3, -0.25) is 9.35 Å². The molecule has 10 nitrogen and oxygen atoms in total. The summed E-state index contributed by atoms with van der Waals surface area (Å²) in [6.07, 6.45) is 1.90. The highest BCUT2D eigenvalue weighted by Gasteiger charge is 2.42. The van der Waals surface area contributed by atoms with Crippen LogP contribution in [-0.2, 0) is 30.0 Å². The van der Waals surface area contributed by atoms with Gasteiger partial charge in [0.2, 0.25) is 5.91 Å². The van der Waals surface area contributed by atoms with E-state index >= 15 is 0 Å². The predicted molar refractivity (Wildman–Crippen MR) is 140 cm³/mol. The summed E-state index contributed by atoms with van der Waals surface area (Å²) in [5, 5.41) is 10.6. The average Bonchev–Trinajstić information content (AvgIpc) is 2.78. The lowest BCUT2D eigenvalue weighted by Gasteiger charge is -2.44. The summed E-state index contributed by atoms with van der Waals surface area (Å²) in [4.78, 5) is 29.1. The van der Waals surface area contributed by atoms with E-state index in [2.05, 4.69) is 0 Å². The molecule has 0 spiro atoms. The van der Waals surface area contributed by atoms with Crippen LogP contribution in [0.3, 0.4) is 0 Å². The van der Waals surface area contributed by atoms with Gasteiger partial charge in [-0.15, -0.1) is 0 Å². The Morgan fingerprint density at radius 3 is 2.24 bits per heavy atom. The van der Waals surface area contributed by atoms with Crippen LogP contribution in [0.5, 0.6) is 0 Å². The quantitative estimate of drug-likeness (QED) is 0.514. The van der Waals surface area contributed by atoms with Crippen LogP contribution in [0.4, 0.5) is 4.79 Å². The molecule has 13 heteroatoms. The molecule has 2 saturated heterocycles. The molecule has 2 aliphatic heterocycles. The van der Waals surface area contributed by atoms with Gasteiger partial charge in [0.1, 0.15) is 11.2 Å². The van der Waals surface area contributed by atoms with Gasteiger partial charge in [0.25, 0.3) is 10.1 Å². The second kappa shape index (κ2) is 12.9. The molecular weight excluding hydrogens is 547 g/mol. The molecular formula is C24H36Cl2N2O8S. The molecule has 2 aliphatic rings. The van der Waals surface area contributed by atoms with E-state index in [9.17, 15) is 23.1 Å². The van der Waals surface area contributed by atoms with E-state index in [-0.39, 0.29) is 24.5 Å². The van der Waals surface area contributed by atoms with Crippen molar-refractivity contribution >= 4 is 45.3 Å². The average molecular weight is 584 g/mol. The maximum Gasteiger partial charge on any atom is 0.410 e. The van der Waals surface area contributed by atoms with E-state index in [4.69, 9.17) is 37.2 Å². The van der Waals surface area contributed by atoms with Gasteiger partial charge in [0.05, 0.1) is 29.5 Å². The third-order valence-electron chi connectivity index (χ3n) is 5.95. The second-order valence-corrected chi connectivity index (χ2v) is 12.5. The van der Waals surface area contributed by atoms with E-state index in [0.717, 1.165) is 5.56 Å². The number of carbonyl (C=O) groups is 2. The number of halogens is 2. The lowest BCUT2D eigenvalue weighted by Crippen LogP contribution is -2.54. The number of ether oxygens (including phenoxy) is 2. The van der Waals surface area contributed by atoms with Crippen LogP contribution in [-0.4, -0.2) is 91.1 Å². The fourth-order valence-electron chi connectivity index (χ4n) is 4.30. The highest BCUT2D eigenvalue weighted by Crippen LogP contribution is 2.37. The van der Waals surface area contributed by atoms with Crippen molar-refractivity contribution in [1.82, 2.24) is 9.80 Å². The summed E-state index contributed by atoms with van der Waals surface area (Å²) in [6.45, 7) is 7.59. The molecule has 210 valence electrons. The number of amides is 2. The molecule has 2 fully saturated rings. The molecule has 1 aromatic rings. The Balaban J connectivity index is 0.000000877. The van der Waals surface area contributed by atoms with Crippen molar-refractivity contribution in [2.75, 3.05) is 45.6 Å². The number of hydrogen-bond acceptors (Lipinski definition) is 7. The van der Waals surface area contributed by atoms with Gasteiger partial charge in [-0.2, -0.15) is 8.42 Å². The summed E-state index contributed by atoms with van der Waals surface area (Å²) in [7, 11) is -3.67. The minimum atomic E-state index is -3.67. The third-order valence-corrected chi connectivity index (χ3v) is 6.69. The van der Waals surface area contributed by atoms with Gasteiger partial charge < -0.3 is 24.4 Å². The number of nitrogens with zero attached hydrogens (tertiary/aromatic N) is 2. The number of benzene rings is 1. The van der Waals surface area contributed by atoms with Crippen molar-refractivity contribution in [3.8, 4) is 0 Å². The van der Waals surface area contributed by atoms with Crippen LogP contribution in [0.15, 0.2) is 18.2 Å². The monoisotopic (exact) mass is 582 g/mol. The number of carbonyl (C=O) groups excluding carboxylic acids is 2. The molecule has 3 rings (SSSR count). The minimum absolute atomic E-state index is 0.0551. The highest BCUT2D eigenvalue weighted by atomic mass is 35.5. The van der Waals surface area contributed by atoms with Crippen LogP contribution in [0.25, 0.3) is 0 Å². The van der Waals surface area contributed by atoms with Crippen LogP contribution in [0.2, 0.25) is 10.0 Å². The number of morpholine rings is 1. The maximum atomic E-state index is 13.3. The van der Waals surface area contributed by atoms with Gasteiger partial charge in [0, 0.05) is 38.6 Å². The zero-order valence-electron chi connectivity index (χ0n) is 21.6. The van der Waals surface area contributed by atoms with Crippen molar-refractivity contribution in [1.29, 1.82) is 0 Å². The third kappa shape index (κ3) is 9.88. The molecule has 0 saturated carbocycles. The standard InChI is InChI=1S/C23H32Cl2N2O5.CH4O3S/c1-22(2,3)32-21(30)26-9-6-16(7-10-26)20(29)27-11-13-31-23(15-27,8-12-28)17-4-5-18(24)19(25)14-17;1-5(2,3)4/h4-5,14,16,28H,6-13,15H2,1-3H3;1H3,(H,2,3,4)/t23-;/m0./s1. The Morgan fingerprint density at radius 2 is 1.73 bits per heavy atom. The van der Waals surface area contributed by atoms with Crippen molar-refractivity contribution in [3.05, 3.63) is 33.8 Å². The van der Waals surface area contributed by atoms with Gasteiger partial charge >= 0.3 is 6.09 Å². The van der Waals surface area contributed by atoms with E-state index in [1.807, 2.05) is 31.7 Å². The first kappa shape index (κ1) is 31.6. The van der Waals surface area contributed by atoms with Crippen LogP contribution in [0, 0.1) is 5.92 Å². The van der Waals surface area contributed by atoms with Crippen molar-refractivity contribution in [2.24, 2.45) is 5.92 Å². The van der Waals surface area contributed by atoms with Crippen molar-refractivity contribution in [2.45, 2.75) is 51.2 Å². The van der Waals surface area contributed by atoms with E-state index in [1.165, 1.54) is 0 Å². The lowest BCUT2D eigenvalue weighted by molar-refractivity contribution is -0.160. The van der Waals surface area contributed by atoms with E-state index in [1.54, 1.807) is 17.0 Å². The van der Waals surface area contributed by atoms with Gasteiger partial charge in [-0.05, 0) is 51.3 Å². The lowest BCUT2D eigenvalue weighted by atomic mass is 9.87. The summed E-state index contributed by atoms with van der Waals surface area (Å²) < 4.78 is 37.4. The van der Waals surface area contributed by atoms with Crippen molar-refractivity contribution in [3.63, 3.8) is 0 Å². The molecule has 2 N–H and O–H groups in total. The zero-order chi connectivity index (χ0) is 28.0. The SMILES string of the molecule is CC(C)(C)OC(=O)N1CCC(C(=O)N2CCO[C@](CCO)(c3ccc(Cl)c(Cl)c3)C2)CC1.CS(=O)(=O)O. The van der Waals surface area contributed by atoms with Crippen LogP contribution >= 0.6 is 23.2 Å². The highest BCUT2D eigenvalue weighted by molar-refractivity contribution is 7.85. The summed E-state index contributed by atoms with van der Waals surface area (Å²) in [6, 6.07) is 5.28. The fourth-order valence-corrected chi connectivity index (χ4v) is 4.59. The first-order valence-electron chi connectivity index (χ1n) is 11.9. The number of aliphatic hydroxyl groups is 1. The zero-order valence-corrected chi connectivity index (χ0v) is 23.9. The normalized spacial score (nSPS) is 21.2. The number of aliphatic hydroxyl groups excluding tert-OH is 1. The van der Waals surface area contributed by atoms with Crippen molar-refractivity contribution < 1.29 is 37.1 Å². The molecule has 0 radical (unpaired) electrons. The molecule has 0 aromatic heterocycles. The minimum Gasteiger partial charge on any atom is -0.444 e. The van der Waals surface area contributed by atoms with E-state index < -0.39 is 21.3 Å². The Bertz CT molecular complexity index is 1040. The number of piperidine rings is 1. The molecule has 2 amide bonds. The molecule has 1 aromatic carbocycles. The maximum absolute atomic E-state index is 13.3. The van der Waals surface area contributed by atoms with Gasteiger partial charge in [-0.1, -0.05) is 29.3 Å². The Hall–Kier alpha value is -1.63. The molecule has 1 atom stereocenters. The summed E-state index contributed by atoms with van der Waals surface area (Å²) >= 11 is 12.3. The number of hydrogen-bond donors (Lipinski definition) is 2. The second-order valence-electron chi connectivity index (χ2n) is 10.2. The van der Waals surface area contributed by atoms with Gasteiger partial charge in [0.15, 0.2) is 0 Å². The molecule has 0 unspecified atom stereocenters. The van der Waals surface area contributed by atoms with E-state index in [0.29, 0.717) is 68.3 Å². The van der Waals surface area contributed by atoms with Crippen LogP contribution in [0.1, 0.15) is 45.6 Å². The Kier molecular flexibility index (Phi) is 11.1. The molecule has 0 aliphatic carbocycles. The number of likely N-dealkylation sites (tertiary alicyclic amines) is 1. The Morgan fingerprint density at radius 1 is 1.14 bits per heavy atom. The fraction of sp³-hybridized carbons (Fsp3) is 0.667. The summed E-state index contributed by atoms with van der Waals surface area (Å²) in [5.74, 6) is -0.105. The number of rotatable bonds is 4. The largest absolute Gasteiger partial charge is 0.444 e. The topological polar surface area (TPSA) is 134 Å². The Labute approximate surface area is 228 Å². The smallest absolute Gasteiger partial charge is 0.410 e. The van der Waals surface area contributed by atoms with Gasteiger partial charge in [-0.25, -0.2) is 4.79 Å².